The molecular formula is C25H25FN4O3S. The molecule has 7 nitrogen and oxygen atoms in total. The van der Waals surface area contributed by atoms with Gasteiger partial charge in [-0.05, 0) is 38.5 Å². The highest BCUT2D eigenvalue weighted by Gasteiger charge is 2.27. The molecule has 0 radical (unpaired) electrons. The minimum Gasteiger partial charge on any atom is -0.493 e. The summed E-state index contributed by atoms with van der Waals surface area (Å²) in [4.78, 5) is 23.7. The zero-order valence-corrected chi connectivity index (χ0v) is 20.3. The maximum Gasteiger partial charge on any atom is 0.256 e. The third kappa shape index (κ3) is 3.74. The lowest BCUT2D eigenvalue weighted by molar-refractivity contribution is 0.0778. The van der Waals surface area contributed by atoms with Crippen molar-refractivity contribution in [3.8, 4) is 5.75 Å². The number of carbonyl (C=O) groups is 1. The summed E-state index contributed by atoms with van der Waals surface area (Å²) in [5, 5.41) is 1.64. The highest BCUT2D eigenvalue weighted by Crippen LogP contribution is 2.39. The number of benzene rings is 2. The van der Waals surface area contributed by atoms with Crippen LogP contribution in [0.2, 0.25) is 0 Å². The predicted octanol–water partition coefficient (Wildman–Crippen LogP) is 5.14. The number of nitrogen functional groups attached to an aromatic ring is 1. The molecular weight excluding hydrogens is 455 g/mol. The van der Waals surface area contributed by atoms with E-state index in [2.05, 4.69) is 9.97 Å². The van der Waals surface area contributed by atoms with E-state index in [1.807, 2.05) is 32.9 Å². The number of aromatic nitrogens is 2. The molecule has 0 unspecified atom stereocenters. The van der Waals surface area contributed by atoms with Crippen molar-refractivity contribution in [1.29, 1.82) is 0 Å². The summed E-state index contributed by atoms with van der Waals surface area (Å²) in [6.07, 6.45) is -0.193. The molecule has 0 bridgehead atoms. The first-order valence-electron chi connectivity index (χ1n) is 11.1. The summed E-state index contributed by atoms with van der Waals surface area (Å²) in [5.74, 6) is -0.0653. The van der Waals surface area contributed by atoms with Crippen LogP contribution >= 0.6 is 11.3 Å². The molecule has 0 fully saturated rings. The van der Waals surface area contributed by atoms with Crippen LogP contribution in [0.15, 0.2) is 24.3 Å². The Labute approximate surface area is 200 Å². The second kappa shape index (κ2) is 8.48. The largest absolute Gasteiger partial charge is 0.493 e. The van der Waals surface area contributed by atoms with Crippen molar-refractivity contribution in [2.24, 2.45) is 0 Å². The number of nitrogens with two attached hydrogens (primary N) is 1. The van der Waals surface area contributed by atoms with Gasteiger partial charge in [-0.25, -0.2) is 14.4 Å². The molecule has 34 heavy (non-hydrogen) atoms. The molecule has 2 aromatic carbocycles. The average Bonchev–Trinajstić information content (AvgIpc) is 3.35. The number of hydrogen-bond donors (Lipinski definition) is 1. The van der Waals surface area contributed by atoms with Crippen LogP contribution < -0.4 is 10.5 Å². The molecule has 2 N–H and O–H groups in total. The predicted molar refractivity (Wildman–Crippen MR) is 131 cm³/mol. The smallest absolute Gasteiger partial charge is 0.256 e. The van der Waals surface area contributed by atoms with Gasteiger partial charge < -0.3 is 20.1 Å². The SMILES string of the molecule is CCOc1cc2nc(C)sc2cc1CN(C)C(=O)c1cc2c3c(c(N)nc2cc1F)[C@@H](C)OC3. The Hall–Kier alpha value is -3.30. The number of rotatable bonds is 5. The molecule has 176 valence electrons. The zero-order valence-electron chi connectivity index (χ0n) is 19.4. The van der Waals surface area contributed by atoms with Crippen molar-refractivity contribution < 1.29 is 18.7 Å². The summed E-state index contributed by atoms with van der Waals surface area (Å²) in [5.41, 5.74) is 9.85. The van der Waals surface area contributed by atoms with E-state index in [4.69, 9.17) is 15.2 Å². The average molecular weight is 481 g/mol. The molecule has 3 heterocycles. The Balaban J connectivity index is 1.51. The summed E-state index contributed by atoms with van der Waals surface area (Å²) in [6.45, 7) is 6.85. The topological polar surface area (TPSA) is 90.6 Å². The van der Waals surface area contributed by atoms with Crippen molar-refractivity contribution in [2.75, 3.05) is 19.4 Å². The highest BCUT2D eigenvalue weighted by molar-refractivity contribution is 7.18. The van der Waals surface area contributed by atoms with Crippen LogP contribution in [0.25, 0.3) is 21.1 Å². The van der Waals surface area contributed by atoms with Crippen LogP contribution in [0.3, 0.4) is 0 Å². The van der Waals surface area contributed by atoms with Gasteiger partial charge in [0.05, 0.1) is 45.6 Å². The summed E-state index contributed by atoms with van der Waals surface area (Å²) >= 11 is 1.58. The maximum atomic E-state index is 15.0. The maximum absolute atomic E-state index is 15.0. The first-order chi connectivity index (χ1) is 16.3. The highest BCUT2D eigenvalue weighted by atomic mass is 32.1. The molecule has 1 atom stereocenters. The fourth-order valence-corrected chi connectivity index (χ4v) is 5.38. The molecule has 0 saturated heterocycles. The summed E-state index contributed by atoms with van der Waals surface area (Å²) in [7, 11) is 1.65. The second-order valence-electron chi connectivity index (χ2n) is 8.45. The van der Waals surface area contributed by atoms with E-state index in [9.17, 15) is 4.79 Å². The van der Waals surface area contributed by atoms with E-state index < -0.39 is 11.7 Å². The van der Waals surface area contributed by atoms with Gasteiger partial charge in [0.15, 0.2) is 0 Å². The molecule has 0 aliphatic carbocycles. The minimum atomic E-state index is -0.637. The standard InChI is InChI=1S/C25H25FN4O3S/c1-5-32-21-9-20-22(34-13(3)28-20)6-14(21)10-30(4)25(31)16-7-15-17-11-33-12(2)23(17)24(27)29-19(15)8-18(16)26/h6-9,12H,5,10-11H2,1-4H3,(H2,27,29)/t12-/m1/s1. The van der Waals surface area contributed by atoms with E-state index in [1.165, 1.54) is 11.0 Å². The first-order valence-corrected chi connectivity index (χ1v) is 11.9. The third-order valence-electron chi connectivity index (χ3n) is 6.10. The number of nitrogens with zero attached hydrogens (tertiary/aromatic N) is 3. The Bertz CT molecular complexity index is 1450. The molecule has 2 aromatic heterocycles. The fraction of sp³-hybridized carbons (Fsp3) is 0.320. The van der Waals surface area contributed by atoms with Crippen molar-refractivity contribution in [1.82, 2.24) is 14.9 Å². The number of anilines is 1. The second-order valence-corrected chi connectivity index (χ2v) is 9.68. The minimum absolute atomic E-state index is 0.0176. The number of pyridine rings is 1. The van der Waals surface area contributed by atoms with Crippen molar-refractivity contribution >= 4 is 44.2 Å². The number of thiazole rings is 1. The van der Waals surface area contributed by atoms with Crippen molar-refractivity contribution in [3.63, 3.8) is 0 Å². The summed E-state index contributed by atoms with van der Waals surface area (Å²) in [6, 6.07) is 6.72. The molecule has 9 heteroatoms. The molecule has 1 aliphatic heterocycles. The Kier molecular flexibility index (Phi) is 5.61. The monoisotopic (exact) mass is 480 g/mol. The van der Waals surface area contributed by atoms with Gasteiger partial charge in [-0.15, -0.1) is 11.3 Å². The molecule has 0 spiro atoms. The van der Waals surface area contributed by atoms with Gasteiger partial charge in [0, 0.05) is 42.2 Å². The van der Waals surface area contributed by atoms with Crippen LogP contribution in [0.4, 0.5) is 10.2 Å². The van der Waals surface area contributed by atoms with Gasteiger partial charge in [-0.1, -0.05) is 0 Å². The van der Waals surface area contributed by atoms with Gasteiger partial charge in [0.25, 0.3) is 5.91 Å². The zero-order chi connectivity index (χ0) is 24.1. The van der Waals surface area contributed by atoms with Gasteiger partial charge in [-0.3, -0.25) is 4.79 Å². The number of hydrogen-bond acceptors (Lipinski definition) is 7. The van der Waals surface area contributed by atoms with Crippen LogP contribution in [0, 0.1) is 12.7 Å². The molecule has 1 aliphatic rings. The lowest BCUT2D eigenvalue weighted by Gasteiger charge is -2.20. The van der Waals surface area contributed by atoms with E-state index in [1.54, 1.807) is 24.5 Å². The van der Waals surface area contributed by atoms with Crippen LogP contribution in [-0.2, 0) is 17.9 Å². The molecule has 4 aromatic rings. The van der Waals surface area contributed by atoms with Gasteiger partial charge >= 0.3 is 0 Å². The lowest BCUT2D eigenvalue weighted by atomic mass is 9.99. The van der Waals surface area contributed by atoms with Gasteiger partial charge in [0.2, 0.25) is 0 Å². The van der Waals surface area contributed by atoms with Crippen molar-refractivity contribution in [3.05, 3.63) is 57.3 Å². The van der Waals surface area contributed by atoms with Crippen LogP contribution in [0.5, 0.6) is 5.75 Å². The Morgan fingerprint density at radius 1 is 1.29 bits per heavy atom. The Morgan fingerprint density at radius 3 is 2.85 bits per heavy atom. The number of ether oxygens (including phenoxy) is 2. The van der Waals surface area contributed by atoms with E-state index in [0.717, 1.165) is 31.9 Å². The van der Waals surface area contributed by atoms with E-state index >= 15 is 4.39 Å². The number of halogens is 1. The number of aryl methyl sites for hydroxylation is 1. The van der Waals surface area contributed by atoms with Crippen molar-refractivity contribution in [2.45, 2.75) is 40.0 Å². The van der Waals surface area contributed by atoms with E-state index in [-0.39, 0.29) is 18.2 Å². The van der Waals surface area contributed by atoms with E-state index in [0.29, 0.717) is 35.7 Å². The lowest BCUT2D eigenvalue weighted by Crippen LogP contribution is -2.27. The Morgan fingerprint density at radius 2 is 2.09 bits per heavy atom. The first kappa shape index (κ1) is 22.5. The van der Waals surface area contributed by atoms with Gasteiger partial charge in [0.1, 0.15) is 17.4 Å². The molecule has 1 amide bonds. The fourth-order valence-electron chi connectivity index (χ4n) is 4.51. The number of carbonyl (C=O) groups excluding carboxylic acids is 1. The van der Waals surface area contributed by atoms with Gasteiger partial charge in [-0.2, -0.15) is 0 Å². The third-order valence-corrected chi connectivity index (χ3v) is 7.03. The van der Waals surface area contributed by atoms with Crippen LogP contribution in [-0.4, -0.2) is 34.4 Å². The number of fused-ring (bicyclic) bond motifs is 4. The molecule has 0 saturated carbocycles. The quantitative estimate of drug-likeness (QED) is 0.426. The number of amides is 1. The normalized spacial score (nSPS) is 15.1. The molecule has 5 rings (SSSR count). The summed E-state index contributed by atoms with van der Waals surface area (Å²) < 4.78 is 27.6. The van der Waals surface area contributed by atoms with Crippen LogP contribution in [0.1, 0.15) is 52.0 Å².